The molecule has 3 N–H and O–H groups in total. The largest absolute Gasteiger partial charge is 0.399 e. The molecular weight excluding hydrogens is 319 g/mol. The first-order valence-corrected chi connectivity index (χ1v) is 8.66. The molecule has 1 saturated carbocycles. The normalized spacial score (nSPS) is 17.4. The number of rotatable bonds is 5. The van der Waals surface area contributed by atoms with Gasteiger partial charge in [-0.3, -0.25) is 0 Å². The molecule has 1 aliphatic carbocycles. The van der Waals surface area contributed by atoms with Gasteiger partial charge in [0.1, 0.15) is 4.90 Å². The van der Waals surface area contributed by atoms with Gasteiger partial charge in [0, 0.05) is 12.2 Å². The van der Waals surface area contributed by atoms with Gasteiger partial charge in [-0.25, -0.2) is 13.1 Å². The Morgan fingerprint density at radius 1 is 1.30 bits per heavy atom. The van der Waals surface area contributed by atoms with Crippen LogP contribution < -0.4 is 10.5 Å². The van der Waals surface area contributed by atoms with Crippen LogP contribution in [0.1, 0.15) is 26.7 Å². The van der Waals surface area contributed by atoms with E-state index in [4.69, 9.17) is 28.9 Å². The second kappa shape index (κ2) is 5.37. The number of halogens is 2. The lowest BCUT2D eigenvalue weighted by molar-refractivity contribution is 0.357. The highest BCUT2D eigenvalue weighted by Crippen LogP contribution is 2.51. The molecule has 112 valence electrons. The zero-order chi connectivity index (χ0) is 15.1. The quantitative estimate of drug-likeness (QED) is 0.810. The van der Waals surface area contributed by atoms with Crippen molar-refractivity contribution in [2.24, 2.45) is 11.3 Å². The molecule has 0 aliphatic heterocycles. The molecular formula is C13H18Cl2N2O2S. The van der Waals surface area contributed by atoms with Gasteiger partial charge in [-0.1, -0.05) is 37.0 Å². The fourth-order valence-electron chi connectivity index (χ4n) is 2.27. The summed E-state index contributed by atoms with van der Waals surface area (Å²) in [6.45, 7) is 4.61. The number of hydrogen-bond acceptors (Lipinski definition) is 3. The number of nitrogens with two attached hydrogens (primary N) is 1. The van der Waals surface area contributed by atoms with Crippen molar-refractivity contribution in [1.82, 2.24) is 4.72 Å². The van der Waals surface area contributed by atoms with Crippen LogP contribution in [0.15, 0.2) is 17.0 Å². The maximum absolute atomic E-state index is 12.4. The van der Waals surface area contributed by atoms with E-state index < -0.39 is 10.0 Å². The predicted molar refractivity (Wildman–Crippen MR) is 82.6 cm³/mol. The van der Waals surface area contributed by atoms with Crippen LogP contribution in [0.25, 0.3) is 0 Å². The average molecular weight is 337 g/mol. The van der Waals surface area contributed by atoms with Crippen molar-refractivity contribution >= 4 is 38.9 Å². The molecule has 7 heteroatoms. The summed E-state index contributed by atoms with van der Waals surface area (Å²) in [6, 6.07) is 2.77. The van der Waals surface area contributed by atoms with Gasteiger partial charge in [-0.2, -0.15) is 0 Å². The van der Waals surface area contributed by atoms with Crippen molar-refractivity contribution in [1.29, 1.82) is 0 Å². The monoisotopic (exact) mass is 336 g/mol. The van der Waals surface area contributed by atoms with Crippen LogP contribution in [0.5, 0.6) is 0 Å². The van der Waals surface area contributed by atoms with E-state index in [0.29, 0.717) is 18.2 Å². The smallest absolute Gasteiger partial charge is 0.243 e. The third kappa shape index (κ3) is 3.06. The van der Waals surface area contributed by atoms with Crippen molar-refractivity contribution in [3.63, 3.8) is 0 Å². The van der Waals surface area contributed by atoms with Crippen molar-refractivity contribution in [2.75, 3.05) is 12.3 Å². The van der Waals surface area contributed by atoms with E-state index in [1.807, 2.05) is 0 Å². The molecule has 4 nitrogen and oxygen atoms in total. The fourth-order valence-corrected chi connectivity index (χ4v) is 4.63. The summed E-state index contributed by atoms with van der Waals surface area (Å²) in [5.74, 6) is 0.433. The van der Waals surface area contributed by atoms with Gasteiger partial charge in [0.25, 0.3) is 0 Å². The molecule has 1 aromatic rings. The number of nitrogen functional groups attached to an aromatic ring is 1. The van der Waals surface area contributed by atoms with Crippen LogP contribution in [-0.2, 0) is 10.0 Å². The zero-order valence-electron chi connectivity index (χ0n) is 11.4. The minimum atomic E-state index is -3.73. The number of nitrogens with one attached hydrogen (secondary N) is 1. The fraction of sp³-hybridized carbons (Fsp3) is 0.538. The summed E-state index contributed by atoms with van der Waals surface area (Å²) < 4.78 is 27.3. The number of sulfonamides is 1. The Hall–Kier alpha value is -0.490. The minimum absolute atomic E-state index is 0.0388. The molecule has 1 fully saturated rings. The van der Waals surface area contributed by atoms with E-state index >= 15 is 0 Å². The average Bonchev–Trinajstić information content (AvgIpc) is 3.05. The Morgan fingerprint density at radius 3 is 2.20 bits per heavy atom. The van der Waals surface area contributed by atoms with E-state index in [2.05, 4.69) is 18.6 Å². The van der Waals surface area contributed by atoms with Gasteiger partial charge in [-0.05, 0) is 36.3 Å². The first-order chi connectivity index (χ1) is 9.18. The maximum Gasteiger partial charge on any atom is 0.243 e. The Bertz CT molecular complexity index is 602. The minimum Gasteiger partial charge on any atom is -0.399 e. The van der Waals surface area contributed by atoms with Crippen molar-refractivity contribution < 1.29 is 8.42 Å². The first kappa shape index (κ1) is 15.9. The molecule has 0 aromatic heterocycles. The molecule has 1 aliphatic rings. The molecule has 20 heavy (non-hydrogen) atoms. The molecule has 0 atom stereocenters. The second-order valence-electron chi connectivity index (χ2n) is 5.66. The van der Waals surface area contributed by atoms with E-state index in [1.165, 1.54) is 12.1 Å². The van der Waals surface area contributed by atoms with E-state index in [9.17, 15) is 8.42 Å². The summed E-state index contributed by atoms with van der Waals surface area (Å²) in [5.41, 5.74) is 5.98. The highest BCUT2D eigenvalue weighted by molar-refractivity contribution is 7.89. The lowest BCUT2D eigenvalue weighted by Gasteiger charge is -2.20. The van der Waals surface area contributed by atoms with Crippen LogP contribution in [0.3, 0.4) is 0 Å². The summed E-state index contributed by atoms with van der Waals surface area (Å²) >= 11 is 11.9. The molecule has 0 saturated heterocycles. The van der Waals surface area contributed by atoms with E-state index in [0.717, 1.165) is 12.8 Å². The molecule has 0 heterocycles. The molecule has 0 radical (unpaired) electrons. The summed E-state index contributed by atoms with van der Waals surface area (Å²) in [4.78, 5) is -0.102. The standard InChI is InChI=1S/C13H18Cl2N2O2S/c1-8(2)13(3-4-13)7-17-20(18,19)12-10(14)5-9(16)6-11(12)15/h5-6,8,17H,3-4,7,16H2,1-2H3. The van der Waals surface area contributed by atoms with Gasteiger partial charge in [0.2, 0.25) is 10.0 Å². The number of anilines is 1. The van der Waals surface area contributed by atoms with Crippen LogP contribution in [0.2, 0.25) is 10.0 Å². The molecule has 0 unspecified atom stereocenters. The summed E-state index contributed by atoms with van der Waals surface area (Å²) in [6.07, 6.45) is 2.08. The van der Waals surface area contributed by atoms with Crippen LogP contribution in [0.4, 0.5) is 5.69 Å². The van der Waals surface area contributed by atoms with Crippen LogP contribution in [0, 0.1) is 11.3 Å². The van der Waals surface area contributed by atoms with Gasteiger partial charge < -0.3 is 5.73 Å². The van der Waals surface area contributed by atoms with Gasteiger partial charge >= 0.3 is 0 Å². The topological polar surface area (TPSA) is 72.2 Å². The second-order valence-corrected chi connectivity index (χ2v) is 8.17. The molecule has 0 bridgehead atoms. The van der Waals surface area contributed by atoms with Crippen LogP contribution in [-0.4, -0.2) is 15.0 Å². The van der Waals surface area contributed by atoms with E-state index in [-0.39, 0.29) is 20.4 Å². The third-order valence-electron chi connectivity index (χ3n) is 4.02. The summed E-state index contributed by atoms with van der Waals surface area (Å²) in [7, 11) is -3.73. The Kier molecular flexibility index (Phi) is 4.27. The molecule has 2 rings (SSSR count). The summed E-state index contributed by atoms with van der Waals surface area (Å²) in [5, 5.41) is 0.0776. The maximum atomic E-state index is 12.4. The lowest BCUT2D eigenvalue weighted by atomic mass is 9.93. The molecule has 1 aromatic carbocycles. The van der Waals surface area contributed by atoms with Crippen molar-refractivity contribution in [3.8, 4) is 0 Å². The van der Waals surface area contributed by atoms with Gasteiger partial charge in [0.05, 0.1) is 10.0 Å². The third-order valence-corrected chi connectivity index (χ3v) is 6.34. The van der Waals surface area contributed by atoms with Crippen molar-refractivity contribution in [2.45, 2.75) is 31.6 Å². The lowest BCUT2D eigenvalue weighted by Crippen LogP contribution is -2.33. The number of hydrogen-bond donors (Lipinski definition) is 2. The Balaban J connectivity index is 2.24. The zero-order valence-corrected chi connectivity index (χ0v) is 13.7. The number of benzene rings is 1. The molecule has 0 amide bonds. The van der Waals surface area contributed by atoms with Crippen molar-refractivity contribution in [3.05, 3.63) is 22.2 Å². The Morgan fingerprint density at radius 2 is 1.80 bits per heavy atom. The van der Waals surface area contributed by atoms with Gasteiger partial charge in [0.15, 0.2) is 0 Å². The molecule has 0 spiro atoms. The Labute approximate surface area is 129 Å². The SMILES string of the molecule is CC(C)C1(CNS(=O)(=O)c2c(Cl)cc(N)cc2Cl)CC1. The van der Waals surface area contributed by atoms with E-state index in [1.54, 1.807) is 0 Å². The van der Waals surface area contributed by atoms with Crippen LogP contribution >= 0.6 is 23.2 Å². The first-order valence-electron chi connectivity index (χ1n) is 6.42. The van der Waals surface area contributed by atoms with Gasteiger partial charge in [-0.15, -0.1) is 0 Å². The highest BCUT2D eigenvalue weighted by Gasteiger charge is 2.45. The predicted octanol–water partition coefficient (Wildman–Crippen LogP) is 3.29. The highest BCUT2D eigenvalue weighted by atomic mass is 35.5.